The summed E-state index contributed by atoms with van der Waals surface area (Å²) in [5.41, 5.74) is 6.25. The zero-order valence-corrected chi connectivity index (χ0v) is 12.2. The van der Waals surface area contributed by atoms with Crippen molar-refractivity contribution in [2.75, 3.05) is 12.3 Å². The lowest BCUT2D eigenvalue weighted by molar-refractivity contribution is -0.145. The van der Waals surface area contributed by atoms with Crippen molar-refractivity contribution >= 4 is 34.6 Å². The molecule has 1 aromatic heterocycles. The minimum atomic E-state index is -0.307. The second-order valence-electron chi connectivity index (χ2n) is 4.04. The molecule has 0 bridgehead atoms. The average molecular weight is 312 g/mol. The zero-order valence-electron chi connectivity index (χ0n) is 10.7. The van der Waals surface area contributed by atoms with E-state index in [-0.39, 0.29) is 25.6 Å². The number of benzene rings is 1. The fourth-order valence-electron chi connectivity index (χ4n) is 1.51. The molecule has 0 unspecified atom stereocenters. The normalized spacial score (nSPS) is 10.2. The highest BCUT2D eigenvalue weighted by Crippen LogP contribution is 2.22. The first-order valence-electron chi connectivity index (χ1n) is 6.01. The molecule has 2 aromatic rings. The molecular formula is C14H14ClNO3S. The molecule has 1 aromatic carbocycles. The van der Waals surface area contributed by atoms with E-state index in [1.807, 2.05) is 6.07 Å². The molecule has 0 aliphatic heterocycles. The highest BCUT2D eigenvalue weighted by atomic mass is 35.5. The molecule has 0 amide bonds. The quantitative estimate of drug-likeness (QED) is 0.655. The van der Waals surface area contributed by atoms with Crippen molar-refractivity contribution in [2.45, 2.75) is 13.0 Å². The molecule has 0 radical (unpaired) electrons. The summed E-state index contributed by atoms with van der Waals surface area (Å²) < 4.78 is 11.2. The molecule has 6 heteroatoms. The second-order valence-corrected chi connectivity index (χ2v) is 5.84. The number of ether oxygens (including phenoxy) is 2. The van der Waals surface area contributed by atoms with Gasteiger partial charge in [0.05, 0.1) is 17.4 Å². The van der Waals surface area contributed by atoms with Crippen LogP contribution in [0.25, 0.3) is 0 Å². The Kier molecular flexibility index (Phi) is 5.26. The van der Waals surface area contributed by atoms with Gasteiger partial charge in [0.1, 0.15) is 12.4 Å². The maximum Gasteiger partial charge on any atom is 0.309 e. The first-order valence-corrected chi connectivity index (χ1v) is 7.21. The number of thiophene rings is 1. The van der Waals surface area contributed by atoms with Gasteiger partial charge in [-0.05, 0) is 24.3 Å². The lowest BCUT2D eigenvalue weighted by Gasteiger charge is -2.06. The van der Waals surface area contributed by atoms with E-state index >= 15 is 0 Å². The topological polar surface area (TPSA) is 61.5 Å². The fourth-order valence-corrected chi connectivity index (χ4v) is 2.51. The van der Waals surface area contributed by atoms with E-state index in [4.69, 9.17) is 26.8 Å². The fraction of sp³-hybridized carbons (Fsp3) is 0.214. The highest BCUT2D eigenvalue weighted by molar-refractivity contribution is 7.16. The molecule has 0 aliphatic rings. The van der Waals surface area contributed by atoms with Crippen LogP contribution >= 0.6 is 22.9 Å². The van der Waals surface area contributed by atoms with Crippen molar-refractivity contribution in [3.05, 3.63) is 45.6 Å². The highest BCUT2D eigenvalue weighted by Gasteiger charge is 2.06. The van der Waals surface area contributed by atoms with Crippen LogP contribution in [0.1, 0.15) is 11.3 Å². The van der Waals surface area contributed by atoms with Crippen LogP contribution in [0.5, 0.6) is 5.75 Å². The molecule has 2 N–H and O–H groups in total. The number of carbonyl (C=O) groups excluding carboxylic acids is 1. The first-order chi connectivity index (χ1) is 9.63. The minimum absolute atomic E-state index is 0.188. The van der Waals surface area contributed by atoms with Gasteiger partial charge in [-0.2, -0.15) is 0 Å². The number of hydrogen-bond donors (Lipinski definition) is 1. The lowest BCUT2D eigenvalue weighted by atomic mass is 10.3. The minimum Gasteiger partial charge on any atom is -0.493 e. The zero-order chi connectivity index (χ0) is 14.4. The van der Waals surface area contributed by atoms with Crippen molar-refractivity contribution in [1.82, 2.24) is 0 Å². The Hall–Kier alpha value is -1.72. The lowest BCUT2D eigenvalue weighted by Crippen LogP contribution is -2.09. The number of rotatable bonds is 6. The molecule has 0 saturated carbocycles. The molecule has 0 aliphatic carbocycles. The van der Waals surface area contributed by atoms with E-state index in [1.165, 1.54) is 11.3 Å². The Bertz CT molecular complexity index is 585. The number of carbonyl (C=O) groups is 1. The van der Waals surface area contributed by atoms with Gasteiger partial charge in [0.15, 0.2) is 0 Å². The molecule has 0 spiro atoms. The molecule has 2 rings (SSSR count). The van der Waals surface area contributed by atoms with Crippen molar-refractivity contribution < 1.29 is 14.3 Å². The molecule has 20 heavy (non-hydrogen) atoms. The van der Waals surface area contributed by atoms with Crippen LogP contribution in [0.15, 0.2) is 36.4 Å². The van der Waals surface area contributed by atoms with Crippen molar-refractivity contribution in [3.63, 3.8) is 0 Å². The second kappa shape index (κ2) is 7.17. The predicted molar refractivity (Wildman–Crippen MR) is 80.1 cm³/mol. The number of nitrogens with two attached hydrogens (primary N) is 1. The molecule has 0 saturated heterocycles. The Balaban J connectivity index is 1.67. The van der Waals surface area contributed by atoms with E-state index in [2.05, 4.69) is 0 Å². The Morgan fingerprint density at radius 2 is 2.15 bits per heavy atom. The molecule has 0 atom stereocenters. The number of esters is 1. The summed E-state index contributed by atoms with van der Waals surface area (Å²) in [5.74, 6) is 0.335. The summed E-state index contributed by atoms with van der Waals surface area (Å²) in [6.07, 6.45) is 0.188. The Morgan fingerprint density at radius 3 is 2.85 bits per heavy atom. The van der Waals surface area contributed by atoms with Gasteiger partial charge in [0, 0.05) is 16.6 Å². The van der Waals surface area contributed by atoms with Gasteiger partial charge in [-0.25, -0.2) is 0 Å². The number of anilines is 1. The third kappa shape index (κ3) is 4.75. The standard InChI is InChI=1S/C14H14ClNO3S/c15-13-5-4-12(20-13)9-19-14(17)6-7-18-11-3-1-2-10(16)8-11/h1-5,8H,6-7,9,16H2. The van der Waals surface area contributed by atoms with Crippen LogP contribution in [0.3, 0.4) is 0 Å². The van der Waals surface area contributed by atoms with E-state index < -0.39 is 0 Å². The molecule has 1 heterocycles. The largest absolute Gasteiger partial charge is 0.493 e. The van der Waals surface area contributed by atoms with Crippen molar-refractivity contribution in [1.29, 1.82) is 0 Å². The molecule has 0 fully saturated rings. The van der Waals surface area contributed by atoms with Crippen molar-refractivity contribution in [2.24, 2.45) is 0 Å². The summed E-state index contributed by atoms with van der Waals surface area (Å²) in [6.45, 7) is 0.502. The third-order valence-corrected chi connectivity index (χ3v) is 3.64. The summed E-state index contributed by atoms with van der Waals surface area (Å²) in [6, 6.07) is 10.7. The maximum atomic E-state index is 11.5. The number of halogens is 1. The van der Waals surface area contributed by atoms with Crippen LogP contribution in [0.4, 0.5) is 5.69 Å². The van der Waals surface area contributed by atoms with E-state index in [1.54, 1.807) is 30.3 Å². The Labute approximate surface area is 126 Å². The van der Waals surface area contributed by atoms with Crippen LogP contribution in [0, 0.1) is 0 Å². The summed E-state index contributed by atoms with van der Waals surface area (Å²) in [7, 11) is 0. The van der Waals surface area contributed by atoms with Crippen molar-refractivity contribution in [3.8, 4) is 5.75 Å². The molecule has 106 valence electrons. The smallest absolute Gasteiger partial charge is 0.309 e. The summed E-state index contributed by atoms with van der Waals surface area (Å²) in [5, 5.41) is 0. The molecule has 4 nitrogen and oxygen atoms in total. The van der Waals surface area contributed by atoms with E-state index in [0.717, 1.165) is 4.88 Å². The van der Waals surface area contributed by atoms with Crippen LogP contribution in [0.2, 0.25) is 4.34 Å². The van der Waals surface area contributed by atoms with Crippen LogP contribution in [-0.2, 0) is 16.1 Å². The van der Waals surface area contributed by atoms with Gasteiger partial charge in [-0.3, -0.25) is 4.79 Å². The van der Waals surface area contributed by atoms with Gasteiger partial charge in [0.2, 0.25) is 0 Å². The van der Waals surface area contributed by atoms with E-state index in [9.17, 15) is 4.79 Å². The monoisotopic (exact) mass is 311 g/mol. The van der Waals surface area contributed by atoms with Gasteiger partial charge in [-0.1, -0.05) is 17.7 Å². The van der Waals surface area contributed by atoms with Gasteiger partial charge < -0.3 is 15.2 Å². The average Bonchev–Trinajstić information content (AvgIpc) is 2.82. The van der Waals surface area contributed by atoms with Gasteiger partial charge in [0.25, 0.3) is 0 Å². The SMILES string of the molecule is Nc1cccc(OCCC(=O)OCc2ccc(Cl)s2)c1. The van der Waals surface area contributed by atoms with Gasteiger partial charge in [-0.15, -0.1) is 11.3 Å². The third-order valence-electron chi connectivity index (χ3n) is 2.44. The number of nitrogen functional groups attached to an aromatic ring is 1. The summed E-state index contributed by atoms with van der Waals surface area (Å²) >= 11 is 7.18. The van der Waals surface area contributed by atoms with E-state index in [0.29, 0.717) is 15.8 Å². The number of hydrogen-bond acceptors (Lipinski definition) is 5. The van der Waals surface area contributed by atoms with Gasteiger partial charge >= 0.3 is 5.97 Å². The van der Waals surface area contributed by atoms with Crippen LogP contribution in [-0.4, -0.2) is 12.6 Å². The Morgan fingerprint density at radius 1 is 1.30 bits per heavy atom. The predicted octanol–water partition coefficient (Wildman–Crippen LogP) is 3.50. The summed E-state index contributed by atoms with van der Waals surface area (Å²) in [4.78, 5) is 12.4. The van der Waals surface area contributed by atoms with Crippen LogP contribution < -0.4 is 10.5 Å². The maximum absolute atomic E-state index is 11.5. The molecular weight excluding hydrogens is 298 g/mol. The first kappa shape index (κ1) is 14.7.